The van der Waals surface area contributed by atoms with Crippen LogP contribution in [0.1, 0.15) is 16.0 Å². The highest BCUT2D eigenvalue weighted by Gasteiger charge is 2.11. The zero-order chi connectivity index (χ0) is 13.9. The summed E-state index contributed by atoms with van der Waals surface area (Å²) in [6, 6.07) is 23.0. The molecule has 0 spiro atoms. The molecule has 0 heterocycles. The van der Waals surface area contributed by atoms with E-state index in [2.05, 4.69) is 70.5 Å². The molecule has 1 unspecified atom stereocenters. The van der Waals surface area contributed by atoms with E-state index in [4.69, 9.17) is 11.6 Å². The Morgan fingerprint density at radius 3 is 2.35 bits per heavy atom. The Kier molecular flexibility index (Phi) is 4.09. The number of rotatable bonds is 3. The predicted molar refractivity (Wildman–Crippen MR) is 90.8 cm³/mol. The third-order valence-electron chi connectivity index (χ3n) is 3.49. The molecule has 0 aliphatic heterocycles. The van der Waals surface area contributed by atoms with Crippen molar-refractivity contribution < 1.29 is 0 Å². The van der Waals surface area contributed by atoms with Crippen molar-refractivity contribution in [2.24, 2.45) is 0 Å². The van der Waals surface area contributed by atoms with E-state index < -0.39 is 0 Å². The predicted octanol–water partition coefficient (Wildman–Crippen LogP) is 6.17. The first-order chi connectivity index (χ1) is 9.74. The minimum atomic E-state index is 0.301. The van der Waals surface area contributed by atoms with Gasteiger partial charge in [-0.1, -0.05) is 82.1 Å². The van der Waals surface area contributed by atoms with Crippen molar-refractivity contribution in [3.63, 3.8) is 0 Å². The molecule has 0 aliphatic carbocycles. The van der Waals surface area contributed by atoms with E-state index in [9.17, 15) is 0 Å². The van der Waals surface area contributed by atoms with E-state index >= 15 is 0 Å². The van der Waals surface area contributed by atoms with Crippen LogP contribution in [0.25, 0.3) is 10.8 Å². The molecule has 3 aromatic carbocycles. The van der Waals surface area contributed by atoms with Crippen molar-refractivity contribution >= 4 is 38.3 Å². The van der Waals surface area contributed by atoms with Gasteiger partial charge in [-0.05, 0) is 40.5 Å². The van der Waals surface area contributed by atoms with Crippen LogP contribution >= 0.6 is 27.5 Å². The van der Waals surface area contributed by atoms with Gasteiger partial charge < -0.3 is 0 Å². The molecule has 0 fully saturated rings. The maximum absolute atomic E-state index is 5.93. The van der Waals surface area contributed by atoms with Gasteiger partial charge in [0, 0.05) is 9.85 Å². The van der Waals surface area contributed by atoms with E-state index in [0.29, 0.717) is 4.83 Å². The number of alkyl halides is 1. The monoisotopic (exact) mass is 344 g/mol. The van der Waals surface area contributed by atoms with Crippen LogP contribution in [0.2, 0.25) is 5.02 Å². The quantitative estimate of drug-likeness (QED) is 0.498. The van der Waals surface area contributed by atoms with Crippen LogP contribution in [0.15, 0.2) is 66.7 Å². The lowest BCUT2D eigenvalue weighted by atomic mass is 9.98. The van der Waals surface area contributed by atoms with Gasteiger partial charge in [-0.3, -0.25) is 0 Å². The van der Waals surface area contributed by atoms with E-state index in [0.717, 1.165) is 11.4 Å². The molecular weight excluding hydrogens is 332 g/mol. The molecule has 0 amide bonds. The highest BCUT2D eigenvalue weighted by Crippen LogP contribution is 2.32. The second-order valence-electron chi connectivity index (χ2n) is 4.87. The molecule has 0 bridgehead atoms. The first-order valence-corrected chi connectivity index (χ1v) is 7.89. The maximum Gasteiger partial charge on any atom is 0.0441 e. The summed E-state index contributed by atoms with van der Waals surface area (Å²) in [5.74, 6) is 0. The Balaban J connectivity index is 1.92. The molecule has 0 N–H and O–H groups in total. The van der Waals surface area contributed by atoms with Gasteiger partial charge in [0.15, 0.2) is 0 Å². The van der Waals surface area contributed by atoms with Crippen LogP contribution in [0.5, 0.6) is 0 Å². The minimum Gasteiger partial charge on any atom is -0.0843 e. The number of hydrogen-bond acceptors (Lipinski definition) is 0. The summed E-state index contributed by atoms with van der Waals surface area (Å²) in [7, 11) is 0. The summed E-state index contributed by atoms with van der Waals surface area (Å²) in [4.78, 5) is 0.301. The molecule has 3 aromatic rings. The van der Waals surface area contributed by atoms with Gasteiger partial charge >= 0.3 is 0 Å². The number of hydrogen-bond donors (Lipinski definition) is 0. The van der Waals surface area contributed by atoms with E-state index in [1.165, 1.54) is 21.9 Å². The molecule has 100 valence electrons. The Morgan fingerprint density at radius 2 is 1.55 bits per heavy atom. The van der Waals surface area contributed by atoms with Crippen molar-refractivity contribution in [2.45, 2.75) is 11.2 Å². The van der Waals surface area contributed by atoms with Crippen LogP contribution in [0, 0.1) is 0 Å². The fraction of sp³-hybridized carbons (Fsp3) is 0.111. The smallest absolute Gasteiger partial charge is 0.0441 e. The summed E-state index contributed by atoms with van der Waals surface area (Å²) in [5, 5.41) is 3.38. The number of halogens is 2. The fourth-order valence-electron chi connectivity index (χ4n) is 2.46. The van der Waals surface area contributed by atoms with Crippen molar-refractivity contribution in [2.75, 3.05) is 0 Å². The molecule has 20 heavy (non-hydrogen) atoms. The molecule has 0 aliphatic rings. The maximum atomic E-state index is 5.93. The Morgan fingerprint density at radius 1 is 0.850 bits per heavy atom. The van der Waals surface area contributed by atoms with E-state index in [1.807, 2.05) is 12.1 Å². The van der Waals surface area contributed by atoms with Gasteiger partial charge in [-0.25, -0.2) is 0 Å². The average Bonchev–Trinajstić information content (AvgIpc) is 2.49. The van der Waals surface area contributed by atoms with Crippen LogP contribution in [-0.2, 0) is 6.42 Å². The van der Waals surface area contributed by atoms with Gasteiger partial charge in [0.2, 0.25) is 0 Å². The topological polar surface area (TPSA) is 0 Å². The fourth-order valence-corrected chi connectivity index (χ4v) is 3.36. The van der Waals surface area contributed by atoms with Gasteiger partial charge in [-0.2, -0.15) is 0 Å². The highest BCUT2D eigenvalue weighted by atomic mass is 79.9. The lowest BCUT2D eigenvalue weighted by Crippen LogP contribution is -1.96. The van der Waals surface area contributed by atoms with Crippen molar-refractivity contribution in [1.29, 1.82) is 0 Å². The van der Waals surface area contributed by atoms with Crippen LogP contribution in [-0.4, -0.2) is 0 Å². The molecular formula is C18H14BrCl. The van der Waals surface area contributed by atoms with Gasteiger partial charge in [0.1, 0.15) is 0 Å². The summed E-state index contributed by atoms with van der Waals surface area (Å²) < 4.78 is 0. The molecule has 0 saturated heterocycles. The molecule has 0 nitrogen and oxygen atoms in total. The SMILES string of the molecule is Clc1ccc(CC(Br)c2cccc3ccccc23)cc1. The molecule has 2 heteroatoms. The largest absolute Gasteiger partial charge is 0.0843 e. The van der Waals surface area contributed by atoms with E-state index in [1.54, 1.807) is 0 Å². The summed E-state index contributed by atoms with van der Waals surface area (Å²) >= 11 is 9.76. The summed E-state index contributed by atoms with van der Waals surface area (Å²) in [6.07, 6.45) is 0.950. The highest BCUT2D eigenvalue weighted by molar-refractivity contribution is 9.09. The van der Waals surface area contributed by atoms with Crippen molar-refractivity contribution in [3.05, 3.63) is 82.9 Å². The molecule has 0 aromatic heterocycles. The molecule has 0 saturated carbocycles. The van der Waals surface area contributed by atoms with Gasteiger partial charge in [0.05, 0.1) is 0 Å². The Bertz CT molecular complexity index is 714. The second kappa shape index (κ2) is 5.99. The number of fused-ring (bicyclic) bond motifs is 1. The first-order valence-electron chi connectivity index (χ1n) is 6.60. The van der Waals surface area contributed by atoms with Gasteiger partial charge in [0.25, 0.3) is 0 Å². The van der Waals surface area contributed by atoms with Gasteiger partial charge in [-0.15, -0.1) is 0 Å². The normalized spacial score (nSPS) is 12.5. The zero-order valence-electron chi connectivity index (χ0n) is 10.9. The Hall–Kier alpha value is -1.31. The van der Waals surface area contributed by atoms with Crippen LogP contribution < -0.4 is 0 Å². The number of benzene rings is 3. The second-order valence-corrected chi connectivity index (χ2v) is 6.41. The lowest BCUT2D eigenvalue weighted by molar-refractivity contribution is 0.958. The third-order valence-corrected chi connectivity index (χ3v) is 4.56. The van der Waals surface area contributed by atoms with Crippen molar-refractivity contribution in [1.82, 2.24) is 0 Å². The summed E-state index contributed by atoms with van der Waals surface area (Å²) in [6.45, 7) is 0. The average molecular weight is 346 g/mol. The zero-order valence-corrected chi connectivity index (χ0v) is 13.2. The van der Waals surface area contributed by atoms with E-state index in [-0.39, 0.29) is 0 Å². The molecule has 0 radical (unpaired) electrons. The molecule has 1 atom stereocenters. The van der Waals surface area contributed by atoms with Crippen LogP contribution in [0.3, 0.4) is 0 Å². The third kappa shape index (κ3) is 2.89. The van der Waals surface area contributed by atoms with Crippen molar-refractivity contribution in [3.8, 4) is 0 Å². The lowest BCUT2D eigenvalue weighted by Gasteiger charge is -2.13. The Labute approximate surface area is 132 Å². The molecule has 3 rings (SSSR count). The first kappa shape index (κ1) is 13.7. The van der Waals surface area contributed by atoms with Crippen LogP contribution in [0.4, 0.5) is 0 Å². The minimum absolute atomic E-state index is 0.301. The standard InChI is InChI=1S/C18H14BrCl/c19-18(12-13-8-10-15(20)11-9-13)17-7-3-5-14-4-1-2-6-16(14)17/h1-11,18H,12H2. The summed E-state index contributed by atoms with van der Waals surface area (Å²) in [5.41, 5.74) is 2.61.